The monoisotopic (exact) mass is 285 g/mol. The Hall–Kier alpha value is -0.880. The van der Waals surface area contributed by atoms with Gasteiger partial charge in [0.1, 0.15) is 4.60 Å². The third-order valence-electron chi connectivity index (χ3n) is 3.05. The second-order valence-corrected chi connectivity index (χ2v) is 5.01. The summed E-state index contributed by atoms with van der Waals surface area (Å²) < 4.78 is 5.67. The molecule has 0 spiro atoms. The molecule has 6 heteroatoms. The molecule has 2 saturated heterocycles. The molecule has 3 rings (SSSR count). The Morgan fingerprint density at radius 1 is 1.69 bits per heavy atom. The first-order chi connectivity index (χ1) is 7.81. The molecule has 2 aliphatic rings. The molecule has 2 atom stereocenters. The van der Waals surface area contributed by atoms with E-state index in [-0.39, 0.29) is 0 Å². The first kappa shape index (κ1) is 10.3. The number of oxime groups is 1. The zero-order valence-corrected chi connectivity index (χ0v) is 10.3. The SMILES string of the molecule is Brc1cc(CO/N=C2\CN3CCC2C3)on1. The van der Waals surface area contributed by atoms with Crippen LogP contribution >= 0.6 is 15.9 Å². The highest BCUT2D eigenvalue weighted by Crippen LogP contribution is 2.25. The predicted octanol–water partition coefficient (Wildman–Crippen LogP) is 1.65. The lowest BCUT2D eigenvalue weighted by Crippen LogP contribution is -2.23. The third-order valence-corrected chi connectivity index (χ3v) is 3.42. The molecule has 2 aliphatic heterocycles. The molecule has 3 heterocycles. The minimum atomic E-state index is 0.342. The van der Waals surface area contributed by atoms with Crippen molar-refractivity contribution < 1.29 is 9.36 Å². The maximum atomic E-state index is 5.28. The average Bonchev–Trinajstić information content (AvgIpc) is 2.94. The van der Waals surface area contributed by atoms with Crippen molar-refractivity contribution in [3.63, 3.8) is 0 Å². The topological polar surface area (TPSA) is 50.9 Å². The molecular formula is C10H12BrN3O2. The van der Waals surface area contributed by atoms with Gasteiger partial charge in [0, 0.05) is 25.1 Å². The second-order valence-electron chi connectivity index (χ2n) is 4.19. The molecule has 2 fully saturated rings. The van der Waals surface area contributed by atoms with Gasteiger partial charge in [-0.1, -0.05) is 10.3 Å². The summed E-state index contributed by atoms with van der Waals surface area (Å²) in [5, 5.41) is 7.89. The van der Waals surface area contributed by atoms with Gasteiger partial charge < -0.3 is 9.36 Å². The van der Waals surface area contributed by atoms with Crippen LogP contribution in [0.2, 0.25) is 0 Å². The van der Waals surface area contributed by atoms with Gasteiger partial charge in [0.25, 0.3) is 0 Å². The summed E-state index contributed by atoms with van der Waals surface area (Å²) in [6.07, 6.45) is 1.22. The first-order valence-electron chi connectivity index (χ1n) is 5.33. The van der Waals surface area contributed by atoms with Gasteiger partial charge in [0.2, 0.25) is 0 Å². The van der Waals surface area contributed by atoms with Gasteiger partial charge >= 0.3 is 0 Å². The predicted molar refractivity (Wildman–Crippen MR) is 61.0 cm³/mol. The highest BCUT2D eigenvalue weighted by atomic mass is 79.9. The molecule has 0 saturated carbocycles. The Labute approximate surface area is 102 Å². The van der Waals surface area contributed by atoms with Crippen LogP contribution in [0.25, 0.3) is 0 Å². The number of rotatable bonds is 3. The molecular weight excluding hydrogens is 274 g/mol. The minimum absolute atomic E-state index is 0.342. The fourth-order valence-corrected chi connectivity index (χ4v) is 2.57. The molecule has 5 nitrogen and oxygen atoms in total. The van der Waals surface area contributed by atoms with Crippen LogP contribution < -0.4 is 0 Å². The van der Waals surface area contributed by atoms with E-state index in [9.17, 15) is 0 Å². The van der Waals surface area contributed by atoms with E-state index in [1.54, 1.807) is 6.07 Å². The van der Waals surface area contributed by atoms with E-state index in [1.807, 2.05) is 0 Å². The summed E-state index contributed by atoms with van der Waals surface area (Å²) in [5.41, 5.74) is 1.17. The van der Waals surface area contributed by atoms with E-state index in [0.717, 1.165) is 13.1 Å². The molecule has 16 heavy (non-hydrogen) atoms. The third kappa shape index (κ3) is 1.99. The molecule has 0 radical (unpaired) electrons. The van der Waals surface area contributed by atoms with Crippen molar-refractivity contribution >= 4 is 21.6 Å². The normalized spacial score (nSPS) is 30.2. The van der Waals surface area contributed by atoms with Crippen molar-refractivity contribution in [1.29, 1.82) is 0 Å². The van der Waals surface area contributed by atoms with Gasteiger partial charge in [-0.3, -0.25) is 4.90 Å². The maximum Gasteiger partial charge on any atom is 0.178 e. The summed E-state index contributed by atoms with van der Waals surface area (Å²) >= 11 is 3.21. The van der Waals surface area contributed by atoms with Crippen molar-refractivity contribution in [2.24, 2.45) is 11.1 Å². The molecule has 1 aromatic rings. The smallest absolute Gasteiger partial charge is 0.178 e. The number of hydrogen-bond donors (Lipinski definition) is 0. The molecule has 2 unspecified atom stereocenters. The number of aromatic nitrogens is 1. The summed E-state index contributed by atoms with van der Waals surface area (Å²) in [7, 11) is 0. The number of nitrogens with zero attached hydrogens (tertiary/aromatic N) is 3. The summed E-state index contributed by atoms with van der Waals surface area (Å²) in [6, 6.07) is 1.78. The number of hydrogen-bond acceptors (Lipinski definition) is 5. The Morgan fingerprint density at radius 3 is 3.25 bits per heavy atom. The van der Waals surface area contributed by atoms with Crippen LogP contribution in [-0.2, 0) is 11.4 Å². The van der Waals surface area contributed by atoms with Gasteiger partial charge in [0.05, 0.1) is 5.71 Å². The van der Waals surface area contributed by atoms with E-state index >= 15 is 0 Å². The minimum Gasteiger partial charge on any atom is -0.387 e. The van der Waals surface area contributed by atoms with E-state index in [4.69, 9.17) is 9.36 Å². The zero-order valence-electron chi connectivity index (χ0n) is 8.73. The Balaban J connectivity index is 1.55. The molecule has 0 aliphatic carbocycles. The molecule has 86 valence electrons. The second kappa shape index (κ2) is 4.18. The van der Waals surface area contributed by atoms with Crippen LogP contribution in [0, 0.1) is 5.92 Å². The lowest BCUT2D eigenvalue weighted by atomic mass is 10.0. The molecule has 1 aromatic heterocycles. The van der Waals surface area contributed by atoms with Crippen molar-refractivity contribution in [1.82, 2.24) is 10.1 Å². The summed E-state index contributed by atoms with van der Waals surface area (Å²) in [6.45, 7) is 3.66. The van der Waals surface area contributed by atoms with Crippen LogP contribution in [0.3, 0.4) is 0 Å². The fourth-order valence-electron chi connectivity index (χ4n) is 2.24. The van der Waals surface area contributed by atoms with E-state index in [1.165, 1.54) is 18.7 Å². The fraction of sp³-hybridized carbons (Fsp3) is 0.600. The van der Waals surface area contributed by atoms with E-state index in [0.29, 0.717) is 22.9 Å². The highest BCUT2D eigenvalue weighted by molar-refractivity contribution is 9.10. The van der Waals surface area contributed by atoms with Crippen LogP contribution in [0.4, 0.5) is 0 Å². The van der Waals surface area contributed by atoms with E-state index in [2.05, 4.69) is 31.1 Å². The number of piperidine rings is 1. The van der Waals surface area contributed by atoms with E-state index < -0.39 is 0 Å². The van der Waals surface area contributed by atoms with Crippen molar-refractivity contribution in [3.05, 3.63) is 16.4 Å². The van der Waals surface area contributed by atoms with Gasteiger partial charge in [0.15, 0.2) is 12.4 Å². The molecule has 2 bridgehead atoms. The largest absolute Gasteiger partial charge is 0.387 e. The van der Waals surface area contributed by atoms with Gasteiger partial charge in [-0.25, -0.2) is 0 Å². The summed E-state index contributed by atoms with van der Waals surface area (Å²) in [4.78, 5) is 7.68. The van der Waals surface area contributed by atoms with Gasteiger partial charge in [-0.15, -0.1) is 0 Å². The Bertz CT molecular complexity index is 418. The zero-order chi connectivity index (χ0) is 11.0. The lowest BCUT2D eigenvalue weighted by Gasteiger charge is -2.12. The molecule has 0 N–H and O–H groups in total. The Kier molecular flexibility index (Phi) is 2.69. The molecule has 0 amide bonds. The summed E-state index contributed by atoms with van der Waals surface area (Å²) in [5.74, 6) is 1.29. The van der Waals surface area contributed by atoms with Crippen molar-refractivity contribution in [2.75, 3.05) is 19.6 Å². The van der Waals surface area contributed by atoms with Gasteiger partial charge in [-0.2, -0.15) is 0 Å². The quantitative estimate of drug-likeness (QED) is 0.793. The molecule has 0 aromatic carbocycles. The van der Waals surface area contributed by atoms with Crippen LogP contribution in [0.5, 0.6) is 0 Å². The average molecular weight is 286 g/mol. The number of fused-ring (bicyclic) bond motifs is 2. The Morgan fingerprint density at radius 2 is 2.62 bits per heavy atom. The van der Waals surface area contributed by atoms with Crippen LogP contribution in [0.1, 0.15) is 12.2 Å². The highest BCUT2D eigenvalue weighted by Gasteiger charge is 2.35. The first-order valence-corrected chi connectivity index (χ1v) is 6.13. The van der Waals surface area contributed by atoms with Gasteiger partial charge in [-0.05, 0) is 28.9 Å². The van der Waals surface area contributed by atoms with Crippen molar-refractivity contribution in [2.45, 2.75) is 13.0 Å². The van der Waals surface area contributed by atoms with Crippen molar-refractivity contribution in [3.8, 4) is 0 Å². The number of halogens is 1. The lowest BCUT2D eigenvalue weighted by molar-refractivity contribution is 0.107. The van der Waals surface area contributed by atoms with Crippen LogP contribution in [-0.4, -0.2) is 35.4 Å². The standard InChI is InChI=1S/C10H12BrN3O2/c11-10-3-8(16-13-10)6-15-12-9-5-14-2-1-7(9)4-14/h3,7H,1-2,4-6H2/b12-9+. The van der Waals surface area contributed by atoms with Crippen LogP contribution in [0.15, 0.2) is 20.3 Å². The maximum absolute atomic E-state index is 5.28.